The van der Waals surface area contributed by atoms with Crippen LogP contribution in [-0.4, -0.2) is 142 Å². The van der Waals surface area contributed by atoms with E-state index in [1.165, 1.54) is 109 Å². The third-order valence-electron chi connectivity index (χ3n) is 13.0. The molecule has 0 radical (unpaired) electrons. The molecule has 68 heavy (non-hydrogen) atoms. The normalized spacial score (nSPS) is 25.9. The zero-order valence-electron chi connectivity index (χ0n) is 42.1. The van der Waals surface area contributed by atoms with Gasteiger partial charge in [0.15, 0.2) is 18.7 Å². The number of hydrogen-bond donors (Lipinski definition) is 7. The van der Waals surface area contributed by atoms with Crippen LogP contribution in [-0.2, 0) is 38.0 Å². The van der Waals surface area contributed by atoms with Gasteiger partial charge in [-0.1, -0.05) is 179 Å². The van der Waals surface area contributed by atoms with Crippen molar-refractivity contribution in [2.45, 2.75) is 274 Å². The molecule has 0 bridgehead atoms. The number of hydrogen-bond acceptors (Lipinski definition) is 15. The second-order valence-electron chi connectivity index (χ2n) is 19.1. The summed E-state index contributed by atoms with van der Waals surface area (Å²) in [5, 5.41) is 72.1. The molecule has 15 nitrogen and oxygen atoms in total. The maximum Gasteiger partial charge on any atom is 0.306 e. The number of unbranched alkanes of at least 4 members (excludes halogenated alkanes) is 25. The monoisotopic (exact) mass is 973 g/mol. The van der Waals surface area contributed by atoms with Gasteiger partial charge in [-0.15, -0.1) is 0 Å². The van der Waals surface area contributed by atoms with Crippen LogP contribution in [0.4, 0.5) is 0 Å². The summed E-state index contributed by atoms with van der Waals surface area (Å²) in [6.07, 6.45) is 24.8. The average molecular weight is 973 g/mol. The Balaban J connectivity index is 1.79. The first-order chi connectivity index (χ1) is 33.0. The number of carbonyl (C=O) groups excluding carboxylic acids is 2. The van der Waals surface area contributed by atoms with Crippen molar-refractivity contribution >= 4 is 11.9 Å². The van der Waals surface area contributed by atoms with Gasteiger partial charge in [-0.3, -0.25) is 9.59 Å². The van der Waals surface area contributed by atoms with Crippen LogP contribution in [0.15, 0.2) is 24.3 Å². The standard InChI is InChI=1S/C53H96O15/c1-3-5-7-9-11-13-15-17-19-20-22-23-25-27-29-31-33-35-44(55)63-38-41(66-45(56)36-34-32-30-28-26-24-21-18-16-14-12-10-8-6-4-2)39-64-52-51(62)49(60)47(58)43(68-52)40-65-53-50(61)48(59)46(57)42(37-54)67-53/h14,16,18,21,41-43,46-54,57-62H,3-13,15,17,19-20,22-40H2,1-2H3/b16-14+,21-18+/t41-,42+,43+,46-,47-,48?,49?,50?,51?,52+,53+/m0/s1. The van der Waals surface area contributed by atoms with Gasteiger partial charge in [-0.2, -0.15) is 0 Å². The number of aliphatic hydroxyl groups excluding tert-OH is 7. The van der Waals surface area contributed by atoms with Gasteiger partial charge < -0.3 is 64.2 Å². The molecule has 0 aromatic rings. The summed E-state index contributed by atoms with van der Waals surface area (Å²) in [7, 11) is 0. The number of allylic oxidation sites excluding steroid dienone is 4. The molecule has 2 saturated heterocycles. The van der Waals surface area contributed by atoms with Crippen LogP contribution in [0.25, 0.3) is 0 Å². The van der Waals surface area contributed by atoms with E-state index < -0.39 is 92.7 Å². The predicted octanol–water partition coefficient (Wildman–Crippen LogP) is 7.94. The minimum atomic E-state index is -1.77. The fraction of sp³-hybridized carbons (Fsp3) is 0.887. The molecule has 2 aliphatic heterocycles. The highest BCUT2D eigenvalue weighted by atomic mass is 16.7. The molecule has 0 spiro atoms. The second-order valence-corrected chi connectivity index (χ2v) is 19.1. The average Bonchev–Trinajstić information content (AvgIpc) is 3.33. The quantitative estimate of drug-likeness (QED) is 0.0175. The van der Waals surface area contributed by atoms with E-state index in [2.05, 4.69) is 38.2 Å². The zero-order valence-corrected chi connectivity index (χ0v) is 42.1. The summed E-state index contributed by atoms with van der Waals surface area (Å²) in [6, 6.07) is 0. The molecule has 7 N–H and O–H groups in total. The van der Waals surface area contributed by atoms with E-state index in [-0.39, 0.29) is 26.1 Å². The van der Waals surface area contributed by atoms with Crippen LogP contribution in [0, 0.1) is 0 Å². The Hall–Kier alpha value is -2.02. The number of ether oxygens (including phenoxy) is 6. The van der Waals surface area contributed by atoms with Crippen LogP contribution in [0.1, 0.15) is 206 Å². The molecule has 2 rings (SSSR count). The Kier molecular flexibility index (Phi) is 37.0. The first-order valence-corrected chi connectivity index (χ1v) is 26.9. The van der Waals surface area contributed by atoms with Crippen molar-refractivity contribution in [1.29, 1.82) is 0 Å². The van der Waals surface area contributed by atoms with E-state index in [0.717, 1.165) is 57.8 Å². The van der Waals surface area contributed by atoms with Crippen LogP contribution in [0.5, 0.6) is 0 Å². The van der Waals surface area contributed by atoms with Gasteiger partial charge in [-0.05, 0) is 38.5 Å². The number of carbonyl (C=O) groups is 2. The zero-order chi connectivity index (χ0) is 49.6. The first kappa shape index (κ1) is 62.1. The lowest BCUT2D eigenvalue weighted by Crippen LogP contribution is -2.61. The summed E-state index contributed by atoms with van der Waals surface area (Å²) in [5.74, 6) is -0.934. The van der Waals surface area contributed by atoms with Gasteiger partial charge in [0.2, 0.25) is 0 Å². The molecule has 0 saturated carbocycles. The molecule has 11 atom stereocenters. The minimum absolute atomic E-state index is 0.150. The van der Waals surface area contributed by atoms with Crippen molar-refractivity contribution in [3.63, 3.8) is 0 Å². The minimum Gasteiger partial charge on any atom is -0.462 e. The Bertz CT molecular complexity index is 1280. The lowest BCUT2D eigenvalue weighted by atomic mass is 9.98. The van der Waals surface area contributed by atoms with Crippen LogP contribution in [0.3, 0.4) is 0 Å². The summed E-state index contributed by atoms with van der Waals surface area (Å²) in [5.41, 5.74) is 0. The number of esters is 2. The topological polar surface area (TPSA) is 231 Å². The third kappa shape index (κ3) is 28.1. The Labute approximate surface area is 409 Å². The fourth-order valence-electron chi connectivity index (χ4n) is 8.50. The van der Waals surface area contributed by atoms with Crippen LogP contribution in [0.2, 0.25) is 0 Å². The van der Waals surface area contributed by atoms with E-state index in [9.17, 15) is 45.3 Å². The Morgan fingerprint density at radius 2 is 0.868 bits per heavy atom. The van der Waals surface area contributed by atoms with Gasteiger partial charge >= 0.3 is 11.9 Å². The highest BCUT2D eigenvalue weighted by Crippen LogP contribution is 2.26. The molecule has 2 fully saturated rings. The van der Waals surface area contributed by atoms with Crippen LogP contribution >= 0.6 is 0 Å². The van der Waals surface area contributed by atoms with Crippen molar-refractivity contribution in [3.05, 3.63) is 24.3 Å². The molecule has 2 aliphatic rings. The van der Waals surface area contributed by atoms with Gasteiger partial charge in [0.1, 0.15) is 55.4 Å². The SMILES string of the molecule is CCCCCC/C=C/C=C/CCCCCCCC(=O)O[C@@H](COC(=O)CCCCCCCCCCCCCCCCCCC)CO[C@@H]1O[C@H](CO[C@@H]2O[C@H](CO)[C@H](O)C(O)C2O)[C@H](O)C(O)C1O. The van der Waals surface area contributed by atoms with Gasteiger partial charge in [0.05, 0.1) is 19.8 Å². The molecule has 398 valence electrons. The molecule has 0 amide bonds. The van der Waals surface area contributed by atoms with E-state index in [1.807, 2.05) is 0 Å². The van der Waals surface area contributed by atoms with Crippen molar-refractivity contribution in [3.8, 4) is 0 Å². The Morgan fingerprint density at radius 1 is 0.471 bits per heavy atom. The van der Waals surface area contributed by atoms with E-state index in [0.29, 0.717) is 12.8 Å². The molecule has 0 aliphatic carbocycles. The maximum atomic E-state index is 13.0. The number of rotatable bonds is 42. The highest BCUT2D eigenvalue weighted by molar-refractivity contribution is 5.70. The molecular formula is C53H96O15. The van der Waals surface area contributed by atoms with E-state index >= 15 is 0 Å². The van der Waals surface area contributed by atoms with Crippen molar-refractivity contribution < 1.29 is 73.8 Å². The second kappa shape index (κ2) is 40.6. The number of aliphatic hydroxyl groups is 7. The third-order valence-corrected chi connectivity index (χ3v) is 13.0. The summed E-state index contributed by atoms with van der Waals surface area (Å²) in [6.45, 7) is 2.58. The van der Waals surface area contributed by atoms with Gasteiger partial charge in [0, 0.05) is 12.8 Å². The summed E-state index contributed by atoms with van der Waals surface area (Å²) < 4.78 is 33.6. The molecule has 0 aromatic heterocycles. The van der Waals surface area contributed by atoms with E-state index in [1.54, 1.807) is 0 Å². The summed E-state index contributed by atoms with van der Waals surface area (Å²) >= 11 is 0. The van der Waals surface area contributed by atoms with Crippen molar-refractivity contribution in [2.75, 3.05) is 26.4 Å². The molecule has 2 heterocycles. The molecule has 0 aromatic carbocycles. The smallest absolute Gasteiger partial charge is 0.306 e. The van der Waals surface area contributed by atoms with Crippen molar-refractivity contribution in [2.24, 2.45) is 0 Å². The lowest BCUT2D eigenvalue weighted by Gasteiger charge is -2.42. The maximum absolute atomic E-state index is 13.0. The molecule has 4 unspecified atom stereocenters. The lowest BCUT2D eigenvalue weighted by molar-refractivity contribution is -0.332. The largest absolute Gasteiger partial charge is 0.462 e. The first-order valence-electron chi connectivity index (χ1n) is 26.9. The van der Waals surface area contributed by atoms with Gasteiger partial charge in [-0.25, -0.2) is 0 Å². The van der Waals surface area contributed by atoms with Crippen molar-refractivity contribution in [1.82, 2.24) is 0 Å². The van der Waals surface area contributed by atoms with E-state index in [4.69, 9.17) is 28.4 Å². The van der Waals surface area contributed by atoms with Gasteiger partial charge in [0.25, 0.3) is 0 Å². The highest BCUT2D eigenvalue weighted by Gasteiger charge is 2.47. The molecular weight excluding hydrogens is 877 g/mol. The molecule has 15 heteroatoms. The summed E-state index contributed by atoms with van der Waals surface area (Å²) in [4.78, 5) is 25.8. The fourth-order valence-corrected chi connectivity index (χ4v) is 8.50. The predicted molar refractivity (Wildman–Crippen MR) is 261 cm³/mol. The van der Waals surface area contributed by atoms with Crippen LogP contribution < -0.4 is 0 Å². The Morgan fingerprint density at radius 3 is 1.35 bits per heavy atom.